The van der Waals surface area contributed by atoms with Gasteiger partial charge in [-0.15, -0.1) is 0 Å². The molecule has 26 heavy (non-hydrogen) atoms. The summed E-state index contributed by atoms with van der Waals surface area (Å²) in [5, 5.41) is 0. The molecule has 2 aromatic rings. The topological polar surface area (TPSA) is 62.7 Å². The van der Waals surface area contributed by atoms with Gasteiger partial charge < -0.3 is 14.5 Å². The lowest BCUT2D eigenvalue weighted by atomic mass is 10.0. The van der Waals surface area contributed by atoms with Crippen molar-refractivity contribution in [3.05, 3.63) is 59.4 Å². The second-order valence-corrected chi connectivity index (χ2v) is 6.52. The van der Waals surface area contributed by atoms with Crippen LogP contribution in [0, 0.1) is 0 Å². The number of aromatic nitrogens is 1. The molecule has 1 saturated heterocycles. The third-order valence-corrected chi connectivity index (χ3v) is 4.88. The van der Waals surface area contributed by atoms with Crippen LogP contribution < -0.4 is 4.90 Å². The summed E-state index contributed by atoms with van der Waals surface area (Å²) in [6.07, 6.45) is 3.44. The molecule has 1 aromatic carbocycles. The summed E-state index contributed by atoms with van der Waals surface area (Å²) in [6.45, 7) is 2.91. The van der Waals surface area contributed by atoms with E-state index in [9.17, 15) is 9.59 Å². The number of pyridine rings is 1. The molecule has 1 fully saturated rings. The zero-order valence-corrected chi connectivity index (χ0v) is 14.6. The molecule has 2 aliphatic heterocycles. The molecule has 0 N–H and O–H groups in total. The van der Waals surface area contributed by atoms with Crippen molar-refractivity contribution in [2.45, 2.75) is 12.8 Å². The number of amides is 2. The minimum Gasteiger partial charge on any atom is -0.378 e. The fourth-order valence-electron chi connectivity index (χ4n) is 3.51. The Morgan fingerprint density at radius 3 is 2.65 bits per heavy atom. The highest BCUT2D eigenvalue weighted by molar-refractivity contribution is 6.07. The van der Waals surface area contributed by atoms with Crippen LogP contribution >= 0.6 is 0 Å². The Balaban J connectivity index is 1.59. The fourth-order valence-corrected chi connectivity index (χ4v) is 3.51. The lowest BCUT2D eigenvalue weighted by Crippen LogP contribution is -2.41. The lowest BCUT2D eigenvalue weighted by molar-refractivity contribution is 0.0303. The number of para-hydroxylation sites is 1. The van der Waals surface area contributed by atoms with Crippen LogP contribution in [0.4, 0.5) is 5.69 Å². The molecule has 0 spiro atoms. The maximum atomic E-state index is 13.0. The highest BCUT2D eigenvalue weighted by Gasteiger charge is 2.25. The SMILES string of the molecule is O=C(c1ccnc(C(=O)N2CCCc3ccccc32)c1)N1CCOCC1. The van der Waals surface area contributed by atoms with Crippen molar-refractivity contribution in [3.8, 4) is 0 Å². The van der Waals surface area contributed by atoms with E-state index in [0.717, 1.165) is 18.5 Å². The highest BCUT2D eigenvalue weighted by atomic mass is 16.5. The van der Waals surface area contributed by atoms with E-state index in [1.54, 1.807) is 21.9 Å². The molecule has 0 bridgehead atoms. The highest BCUT2D eigenvalue weighted by Crippen LogP contribution is 2.27. The average molecular weight is 351 g/mol. The normalized spacial score (nSPS) is 16.9. The molecule has 1 aromatic heterocycles. The first kappa shape index (κ1) is 16.7. The fraction of sp³-hybridized carbons (Fsp3) is 0.350. The number of anilines is 1. The predicted molar refractivity (Wildman–Crippen MR) is 97.4 cm³/mol. The smallest absolute Gasteiger partial charge is 0.276 e. The molecular weight excluding hydrogens is 330 g/mol. The maximum absolute atomic E-state index is 13.0. The molecular formula is C20H21N3O3. The van der Waals surface area contributed by atoms with Crippen molar-refractivity contribution in [1.82, 2.24) is 9.88 Å². The molecule has 0 aliphatic carbocycles. The van der Waals surface area contributed by atoms with Gasteiger partial charge in [0.2, 0.25) is 0 Å². The van der Waals surface area contributed by atoms with Gasteiger partial charge in [0.1, 0.15) is 5.69 Å². The Morgan fingerprint density at radius 2 is 1.81 bits per heavy atom. The standard InChI is InChI=1S/C20H21N3O3/c24-19(22-10-12-26-13-11-22)16-7-8-21-17(14-16)20(25)23-9-3-5-15-4-1-2-6-18(15)23/h1-2,4,6-8,14H,3,5,9-13H2. The van der Waals surface area contributed by atoms with Crippen LogP contribution in [0.1, 0.15) is 32.8 Å². The summed E-state index contributed by atoms with van der Waals surface area (Å²) < 4.78 is 5.29. The molecule has 6 heteroatoms. The second kappa shape index (κ2) is 7.25. The maximum Gasteiger partial charge on any atom is 0.276 e. The van der Waals surface area contributed by atoms with Crippen LogP contribution in [-0.4, -0.2) is 54.5 Å². The third-order valence-electron chi connectivity index (χ3n) is 4.88. The molecule has 3 heterocycles. The molecule has 134 valence electrons. The van der Waals surface area contributed by atoms with E-state index in [0.29, 0.717) is 44.1 Å². The summed E-state index contributed by atoms with van der Waals surface area (Å²) >= 11 is 0. The van der Waals surface area contributed by atoms with Gasteiger partial charge in [-0.2, -0.15) is 0 Å². The van der Waals surface area contributed by atoms with E-state index in [1.807, 2.05) is 18.2 Å². The van der Waals surface area contributed by atoms with Gasteiger partial charge in [0, 0.05) is 37.1 Å². The molecule has 4 rings (SSSR count). The minimum atomic E-state index is -0.159. The number of aryl methyl sites for hydroxylation is 1. The number of hydrogen-bond donors (Lipinski definition) is 0. The largest absolute Gasteiger partial charge is 0.378 e. The number of fused-ring (bicyclic) bond motifs is 1. The zero-order valence-electron chi connectivity index (χ0n) is 14.6. The number of morpholine rings is 1. The molecule has 6 nitrogen and oxygen atoms in total. The first-order chi connectivity index (χ1) is 12.7. The molecule has 2 amide bonds. The summed E-state index contributed by atoms with van der Waals surface area (Å²) in [7, 11) is 0. The molecule has 0 radical (unpaired) electrons. The van der Waals surface area contributed by atoms with Crippen molar-refractivity contribution in [2.24, 2.45) is 0 Å². The van der Waals surface area contributed by atoms with Crippen molar-refractivity contribution in [3.63, 3.8) is 0 Å². The first-order valence-electron chi connectivity index (χ1n) is 8.97. The molecule has 0 saturated carbocycles. The van der Waals surface area contributed by atoms with Crippen molar-refractivity contribution in [2.75, 3.05) is 37.7 Å². The van der Waals surface area contributed by atoms with Gasteiger partial charge in [-0.3, -0.25) is 14.6 Å². The van der Waals surface area contributed by atoms with Crippen LogP contribution in [-0.2, 0) is 11.2 Å². The monoisotopic (exact) mass is 351 g/mol. The quantitative estimate of drug-likeness (QED) is 0.832. The van der Waals surface area contributed by atoms with Gasteiger partial charge in [0.15, 0.2) is 0 Å². The number of benzene rings is 1. The molecule has 0 atom stereocenters. The van der Waals surface area contributed by atoms with E-state index in [-0.39, 0.29) is 11.8 Å². The van der Waals surface area contributed by atoms with Gasteiger partial charge in [0.25, 0.3) is 11.8 Å². The second-order valence-electron chi connectivity index (χ2n) is 6.52. The number of carbonyl (C=O) groups excluding carboxylic acids is 2. The van der Waals surface area contributed by atoms with Gasteiger partial charge in [-0.05, 0) is 36.6 Å². The number of nitrogens with zero attached hydrogens (tertiary/aromatic N) is 3. The first-order valence-corrected chi connectivity index (χ1v) is 8.97. The van der Waals surface area contributed by atoms with Crippen LogP contribution in [0.25, 0.3) is 0 Å². The van der Waals surface area contributed by atoms with Gasteiger partial charge >= 0.3 is 0 Å². The Labute approximate surface area is 152 Å². The number of ether oxygens (including phenoxy) is 1. The van der Waals surface area contributed by atoms with Gasteiger partial charge in [0.05, 0.1) is 13.2 Å². The van der Waals surface area contributed by atoms with E-state index in [4.69, 9.17) is 4.74 Å². The minimum absolute atomic E-state index is 0.0798. The molecule has 0 unspecified atom stereocenters. The Bertz CT molecular complexity index is 831. The number of carbonyl (C=O) groups is 2. The van der Waals surface area contributed by atoms with E-state index in [2.05, 4.69) is 11.1 Å². The van der Waals surface area contributed by atoms with E-state index in [1.165, 1.54) is 11.8 Å². The van der Waals surface area contributed by atoms with Crippen LogP contribution in [0.5, 0.6) is 0 Å². The van der Waals surface area contributed by atoms with E-state index < -0.39 is 0 Å². The Hall–Kier alpha value is -2.73. The van der Waals surface area contributed by atoms with Crippen molar-refractivity contribution >= 4 is 17.5 Å². The van der Waals surface area contributed by atoms with Gasteiger partial charge in [-0.25, -0.2) is 0 Å². The van der Waals surface area contributed by atoms with Crippen LogP contribution in [0.2, 0.25) is 0 Å². The zero-order chi connectivity index (χ0) is 17.9. The van der Waals surface area contributed by atoms with E-state index >= 15 is 0 Å². The Kier molecular flexibility index (Phi) is 4.67. The van der Waals surface area contributed by atoms with Gasteiger partial charge in [-0.1, -0.05) is 18.2 Å². The van der Waals surface area contributed by atoms with Crippen molar-refractivity contribution in [1.29, 1.82) is 0 Å². The summed E-state index contributed by atoms with van der Waals surface area (Å²) in [5.74, 6) is -0.238. The van der Waals surface area contributed by atoms with Crippen molar-refractivity contribution < 1.29 is 14.3 Å². The summed E-state index contributed by atoms with van der Waals surface area (Å²) in [5.41, 5.74) is 2.92. The molecule has 2 aliphatic rings. The summed E-state index contributed by atoms with van der Waals surface area (Å²) in [6, 6.07) is 11.2. The van der Waals surface area contributed by atoms with Crippen LogP contribution in [0.15, 0.2) is 42.6 Å². The number of hydrogen-bond acceptors (Lipinski definition) is 4. The van der Waals surface area contributed by atoms with Crippen LogP contribution in [0.3, 0.4) is 0 Å². The number of rotatable bonds is 2. The lowest BCUT2D eigenvalue weighted by Gasteiger charge is -2.29. The Morgan fingerprint density at radius 1 is 1.00 bits per heavy atom. The average Bonchev–Trinajstić information content (AvgIpc) is 2.73. The predicted octanol–water partition coefficient (Wildman–Crippen LogP) is 2.15. The summed E-state index contributed by atoms with van der Waals surface area (Å²) in [4.78, 5) is 33.4. The third kappa shape index (κ3) is 3.20.